The van der Waals surface area contributed by atoms with Crippen molar-refractivity contribution >= 4 is 27.5 Å². The first kappa shape index (κ1) is 18.3. The molecule has 2 saturated heterocycles. The molecule has 0 radical (unpaired) electrons. The molecule has 5 nitrogen and oxygen atoms in total. The Hall–Kier alpha value is -1.11. The monoisotopic (exact) mass is 396 g/mol. The number of carbonyl (C=O) groups is 1. The molecule has 26 heavy (non-hydrogen) atoms. The Balaban J connectivity index is 1.44. The number of likely N-dealkylation sites (tertiary alicyclic amines) is 1. The fourth-order valence-electron chi connectivity index (χ4n) is 4.63. The second-order valence-electron chi connectivity index (χ2n) is 8.23. The standard InChI is InChI=1S/C19H25ClN2O3S/c1-26(24,25)22-12-9-18(10-13-22)8-11-21(14-18)17(23)19(6-7-19)15-2-4-16(20)5-3-15/h2-5H,6-14H2,1H3. The summed E-state index contributed by atoms with van der Waals surface area (Å²) < 4.78 is 25.0. The van der Waals surface area contributed by atoms with Gasteiger partial charge in [-0.25, -0.2) is 12.7 Å². The van der Waals surface area contributed by atoms with Crippen molar-refractivity contribution < 1.29 is 13.2 Å². The zero-order valence-electron chi connectivity index (χ0n) is 15.1. The Morgan fingerprint density at radius 2 is 1.58 bits per heavy atom. The van der Waals surface area contributed by atoms with Gasteiger partial charge < -0.3 is 4.90 Å². The minimum Gasteiger partial charge on any atom is -0.341 e. The Morgan fingerprint density at radius 1 is 1.00 bits per heavy atom. The molecule has 0 unspecified atom stereocenters. The highest BCUT2D eigenvalue weighted by molar-refractivity contribution is 7.88. The quantitative estimate of drug-likeness (QED) is 0.789. The van der Waals surface area contributed by atoms with E-state index in [-0.39, 0.29) is 16.7 Å². The van der Waals surface area contributed by atoms with Crippen LogP contribution in [0.5, 0.6) is 0 Å². The number of carbonyl (C=O) groups excluding carboxylic acids is 1. The largest absolute Gasteiger partial charge is 0.341 e. The summed E-state index contributed by atoms with van der Waals surface area (Å²) in [5.74, 6) is 0.238. The van der Waals surface area contributed by atoms with Gasteiger partial charge in [0.1, 0.15) is 0 Å². The summed E-state index contributed by atoms with van der Waals surface area (Å²) in [5, 5.41) is 0.690. The summed E-state index contributed by atoms with van der Waals surface area (Å²) in [7, 11) is -3.11. The zero-order chi connectivity index (χ0) is 18.6. The molecule has 1 spiro atoms. The lowest BCUT2D eigenvalue weighted by Crippen LogP contribution is -2.45. The Morgan fingerprint density at radius 3 is 2.12 bits per heavy atom. The smallest absolute Gasteiger partial charge is 0.233 e. The highest BCUT2D eigenvalue weighted by atomic mass is 35.5. The van der Waals surface area contributed by atoms with Gasteiger partial charge in [0, 0.05) is 31.2 Å². The third-order valence-electron chi connectivity index (χ3n) is 6.53. The van der Waals surface area contributed by atoms with E-state index < -0.39 is 10.0 Å². The van der Waals surface area contributed by atoms with Gasteiger partial charge in [0.2, 0.25) is 15.9 Å². The lowest BCUT2D eigenvalue weighted by molar-refractivity contribution is -0.133. The van der Waals surface area contributed by atoms with Crippen LogP contribution in [0.1, 0.15) is 37.7 Å². The molecule has 2 aliphatic heterocycles. The fourth-order valence-corrected chi connectivity index (χ4v) is 5.60. The summed E-state index contributed by atoms with van der Waals surface area (Å²) in [4.78, 5) is 15.3. The highest BCUT2D eigenvalue weighted by Crippen LogP contribution is 2.51. The SMILES string of the molecule is CS(=O)(=O)N1CCC2(CCN(C(=O)C3(c4ccc(Cl)cc4)CC3)C2)CC1. The maximum atomic E-state index is 13.3. The number of piperidine rings is 1. The molecule has 1 aliphatic carbocycles. The van der Waals surface area contributed by atoms with Crippen LogP contribution in [0, 0.1) is 5.41 Å². The first-order valence-electron chi connectivity index (χ1n) is 9.25. The lowest BCUT2D eigenvalue weighted by Gasteiger charge is -2.38. The molecular formula is C19H25ClN2O3S. The number of hydrogen-bond donors (Lipinski definition) is 0. The van der Waals surface area contributed by atoms with Crippen molar-refractivity contribution in [2.45, 2.75) is 37.5 Å². The van der Waals surface area contributed by atoms with Crippen LogP contribution in [0.25, 0.3) is 0 Å². The van der Waals surface area contributed by atoms with Gasteiger partial charge in [-0.15, -0.1) is 0 Å². The fraction of sp³-hybridized carbons (Fsp3) is 0.632. The molecule has 0 N–H and O–H groups in total. The van der Waals surface area contributed by atoms with Gasteiger partial charge in [-0.05, 0) is 55.2 Å². The molecule has 1 saturated carbocycles. The van der Waals surface area contributed by atoms with Crippen molar-refractivity contribution in [3.8, 4) is 0 Å². The predicted octanol–water partition coefficient (Wildman–Crippen LogP) is 2.65. The Labute approximate surface area is 160 Å². The van der Waals surface area contributed by atoms with E-state index in [2.05, 4.69) is 0 Å². The van der Waals surface area contributed by atoms with Gasteiger partial charge >= 0.3 is 0 Å². The summed E-state index contributed by atoms with van der Waals surface area (Å²) in [6.45, 7) is 2.69. The number of benzene rings is 1. The van der Waals surface area contributed by atoms with Crippen LogP contribution >= 0.6 is 11.6 Å². The average Bonchev–Trinajstić information content (AvgIpc) is 3.31. The molecule has 1 aromatic carbocycles. The van der Waals surface area contributed by atoms with E-state index >= 15 is 0 Å². The van der Waals surface area contributed by atoms with E-state index in [4.69, 9.17) is 11.6 Å². The number of sulfonamides is 1. The van der Waals surface area contributed by atoms with E-state index in [9.17, 15) is 13.2 Å². The number of nitrogens with zero attached hydrogens (tertiary/aromatic N) is 2. The van der Waals surface area contributed by atoms with Crippen molar-refractivity contribution in [2.75, 3.05) is 32.4 Å². The number of halogens is 1. The number of hydrogen-bond acceptors (Lipinski definition) is 3. The maximum Gasteiger partial charge on any atom is 0.233 e. The van der Waals surface area contributed by atoms with E-state index in [1.165, 1.54) is 6.26 Å². The molecule has 2 heterocycles. The van der Waals surface area contributed by atoms with Crippen LogP contribution in [0.3, 0.4) is 0 Å². The number of rotatable bonds is 3. The molecule has 7 heteroatoms. The van der Waals surface area contributed by atoms with Crippen LogP contribution in [0.15, 0.2) is 24.3 Å². The predicted molar refractivity (Wildman–Crippen MR) is 102 cm³/mol. The van der Waals surface area contributed by atoms with Crippen molar-refractivity contribution in [3.05, 3.63) is 34.9 Å². The molecule has 142 valence electrons. The minimum absolute atomic E-state index is 0.0902. The van der Waals surface area contributed by atoms with Gasteiger partial charge in [-0.1, -0.05) is 23.7 Å². The second-order valence-corrected chi connectivity index (χ2v) is 10.6. The van der Waals surface area contributed by atoms with E-state index in [0.29, 0.717) is 18.1 Å². The summed E-state index contributed by atoms with van der Waals surface area (Å²) >= 11 is 5.99. The van der Waals surface area contributed by atoms with Gasteiger partial charge in [0.25, 0.3) is 0 Å². The minimum atomic E-state index is -3.11. The normalized spacial score (nSPS) is 24.8. The van der Waals surface area contributed by atoms with Gasteiger partial charge in [-0.3, -0.25) is 4.79 Å². The van der Waals surface area contributed by atoms with Crippen molar-refractivity contribution in [3.63, 3.8) is 0 Å². The molecule has 1 amide bonds. The van der Waals surface area contributed by atoms with Crippen LogP contribution in [0.2, 0.25) is 5.02 Å². The van der Waals surface area contributed by atoms with Crippen molar-refractivity contribution in [1.82, 2.24) is 9.21 Å². The van der Waals surface area contributed by atoms with Crippen LogP contribution in [-0.4, -0.2) is 56.0 Å². The van der Waals surface area contributed by atoms with Crippen LogP contribution in [-0.2, 0) is 20.2 Å². The molecule has 0 aromatic heterocycles. The maximum absolute atomic E-state index is 13.3. The van der Waals surface area contributed by atoms with Gasteiger partial charge in [0.05, 0.1) is 11.7 Å². The second kappa shape index (κ2) is 6.21. The molecule has 4 rings (SSSR count). The third kappa shape index (κ3) is 3.16. The topological polar surface area (TPSA) is 57.7 Å². The first-order chi connectivity index (χ1) is 12.2. The molecule has 3 fully saturated rings. The Kier molecular flexibility index (Phi) is 4.36. The molecule has 1 aromatic rings. The van der Waals surface area contributed by atoms with Crippen LogP contribution in [0.4, 0.5) is 0 Å². The van der Waals surface area contributed by atoms with E-state index in [1.54, 1.807) is 4.31 Å². The summed E-state index contributed by atoms with van der Waals surface area (Å²) in [6, 6.07) is 7.67. The lowest BCUT2D eigenvalue weighted by atomic mass is 9.78. The Bertz CT molecular complexity index is 810. The molecule has 0 atom stereocenters. The third-order valence-corrected chi connectivity index (χ3v) is 8.09. The molecule has 3 aliphatic rings. The van der Waals surface area contributed by atoms with E-state index in [0.717, 1.165) is 50.8 Å². The molecule has 0 bridgehead atoms. The zero-order valence-corrected chi connectivity index (χ0v) is 16.7. The van der Waals surface area contributed by atoms with E-state index in [1.807, 2.05) is 29.2 Å². The van der Waals surface area contributed by atoms with Crippen molar-refractivity contribution in [1.29, 1.82) is 0 Å². The highest BCUT2D eigenvalue weighted by Gasteiger charge is 2.55. The van der Waals surface area contributed by atoms with Gasteiger partial charge in [-0.2, -0.15) is 0 Å². The van der Waals surface area contributed by atoms with Gasteiger partial charge in [0.15, 0.2) is 0 Å². The first-order valence-corrected chi connectivity index (χ1v) is 11.5. The van der Waals surface area contributed by atoms with Crippen LogP contribution < -0.4 is 0 Å². The number of amides is 1. The van der Waals surface area contributed by atoms with Crippen molar-refractivity contribution in [2.24, 2.45) is 5.41 Å². The average molecular weight is 397 g/mol. The summed E-state index contributed by atoms with van der Waals surface area (Å²) in [5.41, 5.74) is 0.802. The summed E-state index contributed by atoms with van der Waals surface area (Å²) in [6.07, 6.45) is 5.75. The molecular weight excluding hydrogens is 372 g/mol.